The maximum Gasteiger partial charge on any atom is 0.157 e. The lowest BCUT2D eigenvalue weighted by atomic mass is 9.80. The molecule has 2 aliphatic rings. The van der Waals surface area contributed by atoms with Crippen LogP contribution in [0.1, 0.15) is 44.7 Å². The summed E-state index contributed by atoms with van der Waals surface area (Å²) in [6, 6.07) is 11.6. The molecule has 1 saturated carbocycles. The van der Waals surface area contributed by atoms with Crippen molar-refractivity contribution in [1.82, 2.24) is 5.32 Å². The second kappa shape index (κ2) is 6.21. The zero-order valence-electron chi connectivity index (χ0n) is 12.4. The van der Waals surface area contributed by atoms with Crippen LogP contribution < -0.4 is 5.32 Å². The van der Waals surface area contributed by atoms with Crippen LogP contribution in [-0.2, 0) is 0 Å². The van der Waals surface area contributed by atoms with Gasteiger partial charge in [-0.05, 0) is 36.7 Å². The predicted octanol–water partition coefficient (Wildman–Crippen LogP) is 4.24. The first kappa shape index (κ1) is 14.0. The third-order valence-electron chi connectivity index (χ3n) is 4.34. The van der Waals surface area contributed by atoms with Crippen molar-refractivity contribution in [2.75, 3.05) is 5.75 Å². The summed E-state index contributed by atoms with van der Waals surface area (Å²) >= 11 is 1.88. The van der Waals surface area contributed by atoms with Gasteiger partial charge in [-0.3, -0.25) is 4.99 Å². The van der Waals surface area contributed by atoms with E-state index < -0.39 is 0 Å². The van der Waals surface area contributed by atoms with Gasteiger partial charge in [-0.1, -0.05) is 55.9 Å². The molecule has 1 aliphatic carbocycles. The van der Waals surface area contributed by atoms with E-state index in [4.69, 9.17) is 4.99 Å². The molecule has 108 valence electrons. The van der Waals surface area contributed by atoms with Crippen molar-refractivity contribution in [1.29, 1.82) is 0 Å². The molecule has 3 rings (SSSR count). The Labute approximate surface area is 126 Å². The maximum absolute atomic E-state index is 4.87. The summed E-state index contributed by atoms with van der Waals surface area (Å²) in [6.45, 7) is 4.75. The van der Waals surface area contributed by atoms with Crippen molar-refractivity contribution in [3.8, 4) is 0 Å². The number of rotatable bonds is 2. The van der Waals surface area contributed by atoms with Crippen molar-refractivity contribution in [2.24, 2.45) is 16.8 Å². The summed E-state index contributed by atoms with van der Waals surface area (Å²) in [7, 11) is 0. The first-order valence-electron chi connectivity index (χ1n) is 7.73. The van der Waals surface area contributed by atoms with Gasteiger partial charge in [0.05, 0.1) is 6.04 Å². The van der Waals surface area contributed by atoms with Crippen molar-refractivity contribution in [3.63, 3.8) is 0 Å². The fraction of sp³-hybridized carbons (Fsp3) is 0.588. The minimum absolute atomic E-state index is 0.335. The average molecular weight is 288 g/mol. The summed E-state index contributed by atoms with van der Waals surface area (Å²) in [5, 5.41) is 4.85. The molecule has 3 unspecified atom stereocenters. The number of amidine groups is 1. The summed E-state index contributed by atoms with van der Waals surface area (Å²) in [5.74, 6) is 2.76. The van der Waals surface area contributed by atoms with Crippen LogP contribution in [0.4, 0.5) is 0 Å². The lowest BCUT2D eigenvalue weighted by molar-refractivity contribution is 0.256. The molecule has 0 radical (unpaired) electrons. The lowest BCUT2D eigenvalue weighted by Gasteiger charge is -2.32. The molecule has 3 heteroatoms. The number of aliphatic imine (C=N–C) groups is 1. The van der Waals surface area contributed by atoms with Gasteiger partial charge in [-0.25, -0.2) is 0 Å². The summed E-state index contributed by atoms with van der Waals surface area (Å²) in [4.78, 5) is 4.87. The largest absolute Gasteiger partial charge is 0.362 e. The second-order valence-corrected chi connectivity index (χ2v) is 7.44. The van der Waals surface area contributed by atoms with E-state index >= 15 is 0 Å². The molecular weight excluding hydrogens is 264 g/mol. The van der Waals surface area contributed by atoms with E-state index in [-0.39, 0.29) is 0 Å². The van der Waals surface area contributed by atoms with Crippen molar-refractivity contribution >= 4 is 16.9 Å². The number of hydrogen-bond donors (Lipinski definition) is 1. The third-order valence-corrected chi connectivity index (χ3v) is 5.32. The van der Waals surface area contributed by atoms with Gasteiger partial charge in [0.25, 0.3) is 0 Å². The molecular formula is C17H24N2S. The minimum Gasteiger partial charge on any atom is -0.362 e. The molecule has 0 spiro atoms. The Morgan fingerprint density at radius 3 is 2.45 bits per heavy atom. The maximum atomic E-state index is 4.87. The molecule has 1 heterocycles. The Balaban J connectivity index is 1.61. The molecule has 0 saturated heterocycles. The van der Waals surface area contributed by atoms with Crippen LogP contribution >= 0.6 is 11.8 Å². The van der Waals surface area contributed by atoms with Gasteiger partial charge >= 0.3 is 0 Å². The van der Waals surface area contributed by atoms with E-state index in [1.807, 2.05) is 11.8 Å². The molecule has 1 N–H and O–H groups in total. The Kier molecular flexibility index (Phi) is 4.35. The first-order chi connectivity index (χ1) is 9.70. The van der Waals surface area contributed by atoms with Crippen LogP contribution in [0.3, 0.4) is 0 Å². The summed E-state index contributed by atoms with van der Waals surface area (Å²) in [5.41, 5.74) is 1.34. The normalized spacial score (nSPS) is 33.8. The van der Waals surface area contributed by atoms with Gasteiger partial charge in [0.15, 0.2) is 5.17 Å². The summed E-state index contributed by atoms with van der Waals surface area (Å²) < 4.78 is 0. The fourth-order valence-corrected chi connectivity index (χ4v) is 4.57. The highest BCUT2D eigenvalue weighted by molar-refractivity contribution is 8.14. The standard InChI is InChI=1S/C17H24N2S/c1-12-8-13(2)10-15(9-12)18-17-19-16(11-20-17)14-6-4-3-5-7-14/h3-7,12-13,15-16H,8-11H2,1-2H3,(H,18,19). The van der Waals surface area contributed by atoms with Gasteiger partial charge in [-0.2, -0.15) is 0 Å². The van der Waals surface area contributed by atoms with Gasteiger partial charge < -0.3 is 5.32 Å². The molecule has 3 atom stereocenters. The van der Waals surface area contributed by atoms with E-state index in [0.717, 1.165) is 22.8 Å². The quantitative estimate of drug-likeness (QED) is 0.880. The van der Waals surface area contributed by atoms with E-state index in [1.54, 1.807) is 0 Å². The van der Waals surface area contributed by atoms with Crippen molar-refractivity contribution < 1.29 is 0 Å². The average Bonchev–Trinajstić information content (AvgIpc) is 2.87. The van der Waals surface area contributed by atoms with Crippen LogP contribution in [0.2, 0.25) is 0 Å². The van der Waals surface area contributed by atoms with Crippen LogP contribution in [0, 0.1) is 11.8 Å². The Morgan fingerprint density at radius 1 is 1.05 bits per heavy atom. The zero-order chi connectivity index (χ0) is 13.9. The highest BCUT2D eigenvalue weighted by atomic mass is 32.2. The van der Waals surface area contributed by atoms with Crippen LogP contribution in [0.15, 0.2) is 35.3 Å². The first-order valence-corrected chi connectivity index (χ1v) is 8.71. The second-order valence-electron chi connectivity index (χ2n) is 6.43. The van der Waals surface area contributed by atoms with Crippen molar-refractivity contribution in [3.05, 3.63) is 35.9 Å². The van der Waals surface area contributed by atoms with Crippen LogP contribution in [-0.4, -0.2) is 17.0 Å². The monoisotopic (exact) mass is 288 g/mol. The molecule has 1 aliphatic heterocycles. The van der Waals surface area contributed by atoms with Crippen LogP contribution in [0.25, 0.3) is 0 Å². The molecule has 1 aromatic carbocycles. The third kappa shape index (κ3) is 3.38. The molecule has 1 fully saturated rings. The SMILES string of the molecule is CC1CC(C)CC(NC2=NC(c3ccccc3)CS2)C1. The van der Waals surface area contributed by atoms with E-state index in [9.17, 15) is 0 Å². The topological polar surface area (TPSA) is 24.4 Å². The number of benzene rings is 1. The van der Waals surface area contributed by atoms with Crippen molar-refractivity contribution in [2.45, 2.75) is 45.2 Å². The number of nitrogens with zero attached hydrogens (tertiary/aromatic N) is 1. The summed E-state index contributed by atoms with van der Waals surface area (Å²) in [6.07, 6.45) is 3.96. The Hall–Kier alpha value is -0.960. The van der Waals surface area contributed by atoms with Gasteiger partial charge in [-0.15, -0.1) is 0 Å². The molecule has 20 heavy (non-hydrogen) atoms. The Morgan fingerprint density at radius 2 is 1.75 bits per heavy atom. The smallest absolute Gasteiger partial charge is 0.157 e. The highest BCUT2D eigenvalue weighted by Gasteiger charge is 2.27. The van der Waals surface area contributed by atoms with E-state index in [2.05, 4.69) is 49.5 Å². The molecule has 2 nitrogen and oxygen atoms in total. The van der Waals surface area contributed by atoms with Gasteiger partial charge in [0, 0.05) is 11.8 Å². The highest BCUT2D eigenvalue weighted by Crippen LogP contribution is 2.32. The molecule has 1 aromatic rings. The van der Waals surface area contributed by atoms with E-state index in [1.165, 1.54) is 24.8 Å². The molecule has 0 aromatic heterocycles. The fourth-order valence-electron chi connectivity index (χ4n) is 3.54. The molecule has 0 amide bonds. The predicted molar refractivity (Wildman–Crippen MR) is 88.2 cm³/mol. The van der Waals surface area contributed by atoms with Gasteiger partial charge in [0.2, 0.25) is 0 Å². The zero-order valence-corrected chi connectivity index (χ0v) is 13.2. The number of nitrogens with one attached hydrogen (secondary N) is 1. The Bertz CT molecular complexity index is 461. The number of hydrogen-bond acceptors (Lipinski definition) is 3. The minimum atomic E-state index is 0.335. The lowest BCUT2D eigenvalue weighted by Crippen LogP contribution is -2.38. The number of thioether (sulfide) groups is 1. The van der Waals surface area contributed by atoms with Crippen LogP contribution in [0.5, 0.6) is 0 Å². The molecule has 0 bridgehead atoms. The van der Waals surface area contributed by atoms with Gasteiger partial charge in [0.1, 0.15) is 0 Å². The van der Waals surface area contributed by atoms with E-state index in [0.29, 0.717) is 12.1 Å².